The Balaban J connectivity index is 1.97. The lowest BCUT2D eigenvalue weighted by atomic mass is 9.96. The third-order valence-electron chi connectivity index (χ3n) is 3.77. The van der Waals surface area contributed by atoms with Crippen LogP contribution in [0.5, 0.6) is 0 Å². The number of carbonyl (C=O) groups excluding carboxylic acids is 2. The minimum atomic E-state index is -0.841. The number of hydrogen-bond acceptors (Lipinski definition) is 3. The van der Waals surface area contributed by atoms with Crippen LogP contribution in [0.3, 0.4) is 0 Å². The quantitative estimate of drug-likeness (QED) is 0.739. The molecule has 0 radical (unpaired) electrons. The summed E-state index contributed by atoms with van der Waals surface area (Å²) in [6.45, 7) is 1.34. The maximum Gasteiger partial charge on any atom is 0.308 e. The summed E-state index contributed by atoms with van der Waals surface area (Å²) in [4.78, 5) is 37.7. The summed E-state index contributed by atoms with van der Waals surface area (Å²) < 4.78 is 0. The summed E-state index contributed by atoms with van der Waals surface area (Å²) >= 11 is 0. The summed E-state index contributed by atoms with van der Waals surface area (Å²) in [6, 6.07) is 0. The molecule has 0 aliphatic carbocycles. The van der Waals surface area contributed by atoms with Gasteiger partial charge in [0, 0.05) is 33.1 Å². The fourth-order valence-corrected chi connectivity index (χ4v) is 2.67. The van der Waals surface area contributed by atoms with E-state index in [1.54, 1.807) is 16.8 Å². The van der Waals surface area contributed by atoms with E-state index in [0.717, 1.165) is 6.42 Å². The number of aliphatic carboxylic acids is 1. The predicted octanol–water partition coefficient (Wildman–Crippen LogP) is -0.212. The van der Waals surface area contributed by atoms with Gasteiger partial charge < -0.3 is 14.9 Å². The van der Waals surface area contributed by atoms with Crippen LogP contribution < -0.4 is 0 Å². The van der Waals surface area contributed by atoms with Crippen LogP contribution in [-0.4, -0.2) is 59.4 Å². The van der Waals surface area contributed by atoms with Crippen LogP contribution in [-0.2, 0) is 14.4 Å². The molecule has 6 nitrogen and oxygen atoms in total. The van der Waals surface area contributed by atoms with Gasteiger partial charge in [0.15, 0.2) is 0 Å². The average molecular weight is 254 g/mol. The van der Waals surface area contributed by atoms with Gasteiger partial charge in [-0.05, 0) is 12.8 Å². The van der Waals surface area contributed by atoms with Crippen molar-refractivity contribution < 1.29 is 19.5 Å². The molecule has 100 valence electrons. The topological polar surface area (TPSA) is 77.9 Å². The van der Waals surface area contributed by atoms with Crippen molar-refractivity contribution in [2.45, 2.75) is 19.3 Å². The molecule has 2 aliphatic rings. The number of carboxylic acids is 1. The van der Waals surface area contributed by atoms with Crippen molar-refractivity contribution in [2.75, 3.05) is 26.7 Å². The fraction of sp³-hybridized carbons (Fsp3) is 0.750. The molecule has 0 spiro atoms. The van der Waals surface area contributed by atoms with Crippen molar-refractivity contribution in [3.63, 3.8) is 0 Å². The van der Waals surface area contributed by atoms with E-state index in [4.69, 9.17) is 5.11 Å². The summed E-state index contributed by atoms with van der Waals surface area (Å²) in [5.74, 6) is -1.68. The second-order valence-corrected chi connectivity index (χ2v) is 5.14. The number of rotatable bonds is 2. The van der Waals surface area contributed by atoms with Crippen LogP contribution in [0.25, 0.3) is 0 Å². The zero-order valence-electron chi connectivity index (χ0n) is 10.5. The molecule has 6 heteroatoms. The van der Waals surface area contributed by atoms with Crippen molar-refractivity contribution >= 4 is 17.8 Å². The maximum atomic E-state index is 12.2. The van der Waals surface area contributed by atoms with E-state index in [1.165, 1.54) is 0 Å². The molecule has 1 N–H and O–H groups in total. The van der Waals surface area contributed by atoms with Gasteiger partial charge >= 0.3 is 5.97 Å². The van der Waals surface area contributed by atoms with Crippen LogP contribution in [0.1, 0.15) is 19.3 Å². The van der Waals surface area contributed by atoms with Gasteiger partial charge in [-0.2, -0.15) is 0 Å². The molecule has 2 atom stereocenters. The van der Waals surface area contributed by atoms with E-state index < -0.39 is 11.9 Å². The number of carboxylic acid groups (broad SMARTS) is 1. The Labute approximate surface area is 106 Å². The third-order valence-corrected chi connectivity index (χ3v) is 3.77. The number of likely N-dealkylation sites (tertiary alicyclic amines) is 2. The highest BCUT2D eigenvalue weighted by molar-refractivity contribution is 5.89. The highest BCUT2D eigenvalue weighted by Gasteiger charge is 2.37. The van der Waals surface area contributed by atoms with Crippen LogP contribution in [0.15, 0.2) is 0 Å². The maximum absolute atomic E-state index is 12.2. The van der Waals surface area contributed by atoms with Crippen LogP contribution in [0, 0.1) is 11.8 Å². The summed E-state index contributed by atoms with van der Waals surface area (Å²) in [5.41, 5.74) is 0. The molecular formula is C12H18N2O4. The highest BCUT2D eigenvalue weighted by Crippen LogP contribution is 2.23. The van der Waals surface area contributed by atoms with Crippen molar-refractivity contribution in [3.8, 4) is 0 Å². The van der Waals surface area contributed by atoms with Crippen molar-refractivity contribution in [1.82, 2.24) is 9.80 Å². The van der Waals surface area contributed by atoms with E-state index in [0.29, 0.717) is 19.5 Å². The molecule has 2 heterocycles. The smallest absolute Gasteiger partial charge is 0.308 e. The molecule has 0 aromatic heterocycles. The monoisotopic (exact) mass is 254 g/mol. The number of carbonyl (C=O) groups is 3. The van der Waals surface area contributed by atoms with Crippen LogP contribution in [0.4, 0.5) is 0 Å². The Morgan fingerprint density at radius 3 is 2.56 bits per heavy atom. The Morgan fingerprint density at radius 1 is 1.28 bits per heavy atom. The number of hydrogen-bond donors (Lipinski definition) is 1. The third kappa shape index (κ3) is 2.47. The Morgan fingerprint density at radius 2 is 2.00 bits per heavy atom. The Kier molecular flexibility index (Phi) is 3.54. The minimum Gasteiger partial charge on any atom is -0.481 e. The van der Waals surface area contributed by atoms with Gasteiger partial charge in [0.05, 0.1) is 11.8 Å². The van der Waals surface area contributed by atoms with Gasteiger partial charge in [-0.3, -0.25) is 14.4 Å². The molecule has 2 aliphatic heterocycles. The second-order valence-electron chi connectivity index (χ2n) is 5.14. The van der Waals surface area contributed by atoms with Gasteiger partial charge in [-0.1, -0.05) is 0 Å². The van der Waals surface area contributed by atoms with E-state index in [1.807, 2.05) is 0 Å². The highest BCUT2D eigenvalue weighted by atomic mass is 16.4. The molecule has 0 aromatic carbocycles. The van der Waals surface area contributed by atoms with Gasteiger partial charge in [0.2, 0.25) is 11.8 Å². The predicted molar refractivity (Wildman–Crippen MR) is 62.7 cm³/mol. The second kappa shape index (κ2) is 4.96. The van der Waals surface area contributed by atoms with Crippen molar-refractivity contribution in [2.24, 2.45) is 11.8 Å². The van der Waals surface area contributed by atoms with Crippen molar-refractivity contribution in [1.29, 1.82) is 0 Å². The van der Waals surface area contributed by atoms with Gasteiger partial charge in [-0.15, -0.1) is 0 Å². The van der Waals surface area contributed by atoms with E-state index in [2.05, 4.69) is 0 Å². The lowest BCUT2D eigenvalue weighted by molar-refractivity contribution is -0.146. The Hall–Kier alpha value is -1.59. The molecule has 1 unspecified atom stereocenters. The summed E-state index contributed by atoms with van der Waals surface area (Å²) in [5, 5.41) is 8.99. The summed E-state index contributed by atoms with van der Waals surface area (Å²) in [6.07, 6.45) is 1.60. The molecule has 2 amide bonds. The molecule has 2 fully saturated rings. The lowest BCUT2D eigenvalue weighted by Crippen LogP contribution is -2.45. The van der Waals surface area contributed by atoms with E-state index >= 15 is 0 Å². The first-order chi connectivity index (χ1) is 8.49. The molecule has 0 saturated carbocycles. The number of amides is 2. The normalized spacial score (nSPS) is 28.6. The molecular weight excluding hydrogens is 236 g/mol. The van der Waals surface area contributed by atoms with Crippen LogP contribution >= 0.6 is 0 Å². The molecule has 0 aromatic rings. The van der Waals surface area contributed by atoms with Gasteiger partial charge in [0.1, 0.15) is 0 Å². The average Bonchev–Trinajstić information content (AvgIpc) is 2.69. The van der Waals surface area contributed by atoms with Crippen LogP contribution in [0.2, 0.25) is 0 Å². The molecule has 2 saturated heterocycles. The molecule has 2 rings (SSSR count). The van der Waals surface area contributed by atoms with Gasteiger partial charge in [0.25, 0.3) is 0 Å². The first kappa shape index (κ1) is 12.9. The fourth-order valence-electron chi connectivity index (χ4n) is 2.67. The SMILES string of the molecule is CN1CC(C(=O)N2CCC[C@H](C(=O)O)C2)CC1=O. The zero-order chi connectivity index (χ0) is 13.3. The van der Waals surface area contributed by atoms with E-state index in [9.17, 15) is 14.4 Å². The lowest BCUT2D eigenvalue weighted by Gasteiger charge is -2.32. The molecule has 0 bridgehead atoms. The first-order valence-electron chi connectivity index (χ1n) is 6.24. The molecule has 18 heavy (non-hydrogen) atoms. The minimum absolute atomic E-state index is 0.0138. The van der Waals surface area contributed by atoms with E-state index in [-0.39, 0.29) is 30.7 Å². The number of nitrogens with zero attached hydrogens (tertiary/aromatic N) is 2. The first-order valence-corrected chi connectivity index (χ1v) is 6.24. The van der Waals surface area contributed by atoms with Gasteiger partial charge in [-0.25, -0.2) is 0 Å². The summed E-state index contributed by atoms with van der Waals surface area (Å²) in [7, 11) is 1.69. The Bertz CT molecular complexity index is 382. The standard InChI is InChI=1S/C12H18N2O4/c1-13-6-9(5-10(13)15)11(16)14-4-2-3-8(7-14)12(17)18/h8-9H,2-7H2,1H3,(H,17,18)/t8-,9?/m0/s1. The number of piperidine rings is 1. The largest absolute Gasteiger partial charge is 0.481 e. The zero-order valence-corrected chi connectivity index (χ0v) is 10.5. The van der Waals surface area contributed by atoms with Crippen molar-refractivity contribution in [3.05, 3.63) is 0 Å².